The quantitative estimate of drug-likeness (QED) is 0.848. The van der Waals surface area contributed by atoms with E-state index in [4.69, 9.17) is 11.2 Å². The highest BCUT2D eigenvalue weighted by molar-refractivity contribution is 5.87. The molecule has 23 heavy (non-hydrogen) atoms. The van der Waals surface area contributed by atoms with Crippen molar-refractivity contribution < 1.29 is 9.53 Å². The number of nitrogens with one attached hydrogen (secondary N) is 1. The lowest BCUT2D eigenvalue weighted by molar-refractivity contribution is 0.0881. The summed E-state index contributed by atoms with van der Waals surface area (Å²) in [6, 6.07) is 2.27. The minimum Gasteiger partial charge on any atom is -0.436 e. The van der Waals surface area contributed by atoms with Crippen molar-refractivity contribution in [1.29, 1.82) is 0 Å². The van der Waals surface area contributed by atoms with Gasteiger partial charge in [0, 0.05) is 19.3 Å². The lowest BCUT2D eigenvalue weighted by Gasteiger charge is -2.40. The molecule has 4 heterocycles. The number of nitrogens with zero attached hydrogens (tertiary/aromatic N) is 4. The number of aromatic nitrogens is 3. The van der Waals surface area contributed by atoms with Gasteiger partial charge in [0.25, 0.3) is 0 Å². The number of fused-ring (bicyclic) bond motifs is 3. The van der Waals surface area contributed by atoms with Crippen LogP contribution in [0.5, 0.6) is 0 Å². The molecule has 2 aliphatic rings. The van der Waals surface area contributed by atoms with Gasteiger partial charge in [-0.05, 0) is 18.9 Å². The Bertz CT molecular complexity index is 766. The van der Waals surface area contributed by atoms with E-state index in [1.54, 1.807) is 6.33 Å². The summed E-state index contributed by atoms with van der Waals surface area (Å²) in [6.07, 6.45) is 10.3. The summed E-state index contributed by atoms with van der Waals surface area (Å²) < 4.78 is 5.11. The molecule has 0 aliphatic carbocycles. The van der Waals surface area contributed by atoms with Crippen LogP contribution in [0.3, 0.4) is 0 Å². The van der Waals surface area contributed by atoms with Gasteiger partial charge in [-0.3, -0.25) is 4.90 Å². The second-order valence-corrected chi connectivity index (χ2v) is 5.89. The molecule has 2 saturated heterocycles. The number of terminal acetylenes is 1. The molecule has 2 aromatic heterocycles. The highest BCUT2D eigenvalue weighted by atomic mass is 16.6. The summed E-state index contributed by atoms with van der Waals surface area (Å²) >= 11 is 0. The van der Waals surface area contributed by atoms with Gasteiger partial charge in [0.2, 0.25) is 0 Å². The highest BCUT2D eigenvalue weighted by Gasteiger charge is 2.44. The van der Waals surface area contributed by atoms with E-state index in [-0.39, 0.29) is 24.8 Å². The number of carbonyl (C=O) groups excluding carboxylic acids is 1. The number of H-pyrrole nitrogens is 1. The standard InChI is InChI=1S/C16H17N5O2/c1-2-7-23-16(22)21-11-3-4-12(21)9-20(8-11)15-13-5-6-17-14(13)18-10-19-15/h1,5-6,10-12H,3-4,7-9H2,(H,17,18,19). The van der Waals surface area contributed by atoms with E-state index in [1.165, 1.54) is 0 Å². The van der Waals surface area contributed by atoms with Crippen molar-refractivity contribution in [3.05, 3.63) is 18.6 Å². The normalized spacial score (nSPS) is 23.1. The maximum atomic E-state index is 12.2. The summed E-state index contributed by atoms with van der Waals surface area (Å²) in [6.45, 7) is 1.52. The predicted octanol–water partition coefficient (Wildman–Crippen LogP) is 1.38. The first-order valence-corrected chi connectivity index (χ1v) is 7.69. The molecule has 1 N–H and O–H groups in total. The molecule has 0 saturated carbocycles. The average molecular weight is 311 g/mol. The Morgan fingerprint density at radius 1 is 1.39 bits per heavy atom. The van der Waals surface area contributed by atoms with E-state index < -0.39 is 0 Å². The minimum absolute atomic E-state index is 0.0222. The molecule has 118 valence electrons. The van der Waals surface area contributed by atoms with Crippen LogP contribution in [0, 0.1) is 12.3 Å². The van der Waals surface area contributed by atoms with Crippen molar-refractivity contribution in [2.45, 2.75) is 24.9 Å². The predicted molar refractivity (Wildman–Crippen MR) is 84.9 cm³/mol. The van der Waals surface area contributed by atoms with Gasteiger partial charge in [-0.25, -0.2) is 14.8 Å². The SMILES string of the molecule is C#CCOC(=O)N1C2CCC1CN(c1ncnc3[nH]ccc13)C2. The fourth-order valence-corrected chi connectivity index (χ4v) is 3.66. The number of rotatable bonds is 2. The van der Waals surface area contributed by atoms with Crippen LogP contribution in [0.4, 0.5) is 10.6 Å². The van der Waals surface area contributed by atoms with Gasteiger partial charge >= 0.3 is 6.09 Å². The van der Waals surface area contributed by atoms with Crippen LogP contribution in [0.2, 0.25) is 0 Å². The molecule has 2 aliphatic heterocycles. The summed E-state index contributed by atoms with van der Waals surface area (Å²) in [5, 5.41) is 1.01. The van der Waals surface area contributed by atoms with Gasteiger partial charge in [0.15, 0.2) is 6.61 Å². The Balaban J connectivity index is 1.57. The molecule has 4 rings (SSSR count). The molecule has 2 bridgehead atoms. The molecule has 2 atom stereocenters. The van der Waals surface area contributed by atoms with Crippen LogP contribution in [0.1, 0.15) is 12.8 Å². The lowest BCUT2D eigenvalue weighted by atomic mass is 10.2. The number of ether oxygens (including phenoxy) is 1. The van der Waals surface area contributed by atoms with Crippen molar-refractivity contribution in [3.8, 4) is 12.3 Å². The molecule has 0 radical (unpaired) electrons. The zero-order valence-electron chi connectivity index (χ0n) is 12.6. The number of aromatic amines is 1. The van der Waals surface area contributed by atoms with E-state index in [0.717, 1.165) is 42.8 Å². The summed E-state index contributed by atoms with van der Waals surface area (Å²) in [7, 11) is 0. The van der Waals surface area contributed by atoms with Gasteiger partial charge < -0.3 is 14.6 Å². The second-order valence-electron chi connectivity index (χ2n) is 5.89. The zero-order valence-corrected chi connectivity index (χ0v) is 12.6. The fraction of sp³-hybridized carbons (Fsp3) is 0.438. The third kappa shape index (κ3) is 2.27. The van der Waals surface area contributed by atoms with E-state index in [0.29, 0.717) is 0 Å². The number of piperazine rings is 1. The Labute approximate surface area is 133 Å². The fourth-order valence-electron chi connectivity index (χ4n) is 3.66. The van der Waals surface area contributed by atoms with Gasteiger partial charge in [0.1, 0.15) is 17.8 Å². The van der Waals surface area contributed by atoms with Gasteiger partial charge in [-0.2, -0.15) is 0 Å². The van der Waals surface area contributed by atoms with Crippen LogP contribution in [-0.2, 0) is 4.74 Å². The largest absolute Gasteiger partial charge is 0.436 e. The number of anilines is 1. The summed E-state index contributed by atoms with van der Waals surface area (Å²) in [5.74, 6) is 3.26. The summed E-state index contributed by atoms with van der Waals surface area (Å²) in [4.78, 5) is 28.1. The monoisotopic (exact) mass is 311 g/mol. The number of hydrogen-bond acceptors (Lipinski definition) is 5. The van der Waals surface area contributed by atoms with Crippen LogP contribution in [0.25, 0.3) is 11.0 Å². The Morgan fingerprint density at radius 2 is 2.17 bits per heavy atom. The molecule has 2 unspecified atom stereocenters. The Morgan fingerprint density at radius 3 is 2.91 bits per heavy atom. The van der Waals surface area contributed by atoms with Gasteiger partial charge in [-0.1, -0.05) is 5.92 Å². The minimum atomic E-state index is -0.301. The topological polar surface area (TPSA) is 74.3 Å². The third-order valence-electron chi connectivity index (χ3n) is 4.60. The van der Waals surface area contributed by atoms with Crippen molar-refractivity contribution in [1.82, 2.24) is 19.9 Å². The smallest absolute Gasteiger partial charge is 0.411 e. The Kier molecular flexibility index (Phi) is 3.30. The van der Waals surface area contributed by atoms with Crippen LogP contribution >= 0.6 is 0 Å². The van der Waals surface area contributed by atoms with Crippen molar-refractivity contribution in [2.75, 3.05) is 24.6 Å². The molecule has 0 spiro atoms. The van der Waals surface area contributed by atoms with Crippen molar-refractivity contribution >= 4 is 22.9 Å². The van der Waals surface area contributed by atoms with Crippen LogP contribution < -0.4 is 4.90 Å². The molecule has 7 heteroatoms. The van der Waals surface area contributed by atoms with Crippen LogP contribution in [-0.4, -0.2) is 57.7 Å². The van der Waals surface area contributed by atoms with E-state index in [2.05, 4.69) is 25.8 Å². The zero-order chi connectivity index (χ0) is 15.8. The molecule has 2 fully saturated rings. The van der Waals surface area contributed by atoms with E-state index >= 15 is 0 Å². The van der Waals surface area contributed by atoms with Gasteiger partial charge in [-0.15, -0.1) is 6.42 Å². The van der Waals surface area contributed by atoms with Crippen molar-refractivity contribution in [2.24, 2.45) is 0 Å². The number of carbonyl (C=O) groups is 1. The molecule has 7 nitrogen and oxygen atoms in total. The summed E-state index contributed by atoms with van der Waals surface area (Å²) in [5.41, 5.74) is 0.832. The van der Waals surface area contributed by atoms with Crippen molar-refractivity contribution in [3.63, 3.8) is 0 Å². The maximum Gasteiger partial charge on any atom is 0.411 e. The van der Waals surface area contributed by atoms with E-state index in [1.807, 2.05) is 17.2 Å². The number of amides is 1. The van der Waals surface area contributed by atoms with E-state index in [9.17, 15) is 4.79 Å². The molecular formula is C16H17N5O2. The molecule has 0 aromatic carbocycles. The second kappa shape index (κ2) is 5.47. The van der Waals surface area contributed by atoms with Crippen LogP contribution in [0.15, 0.2) is 18.6 Å². The number of hydrogen-bond donors (Lipinski definition) is 1. The first-order valence-electron chi connectivity index (χ1n) is 7.69. The maximum absolute atomic E-state index is 12.2. The Hall–Kier alpha value is -2.75. The van der Waals surface area contributed by atoms with Gasteiger partial charge in [0.05, 0.1) is 17.5 Å². The first kappa shape index (κ1) is 13.9. The highest BCUT2D eigenvalue weighted by Crippen LogP contribution is 2.34. The molecule has 2 aromatic rings. The lowest BCUT2D eigenvalue weighted by Crippen LogP contribution is -2.56. The molecule has 1 amide bonds. The average Bonchev–Trinajstić information content (AvgIpc) is 3.14. The third-order valence-corrected chi connectivity index (χ3v) is 4.60. The first-order chi connectivity index (χ1) is 11.3. The molecular weight excluding hydrogens is 294 g/mol.